The number of rotatable bonds is 6. The summed E-state index contributed by atoms with van der Waals surface area (Å²) in [7, 11) is 0. The molecule has 0 spiro atoms. The van der Waals surface area contributed by atoms with E-state index >= 15 is 0 Å². The van der Waals surface area contributed by atoms with Crippen molar-refractivity contribution in [2.75, 3.05) is 32.8 Å². The average Bonchev–Trinajstić information content (AvgIpc) is 2.66. The van der Waals surface area contributed by atoms with Gasteiger partial charge < -0.3 is 0 Å². The number of nitrogens with zero attached hydrogens (tertiary/aromatic N) is 3. The molecule has 0 N–H and O–H groups in total. The molecule has 0 unspecified atom stereocenters. The minimum absolute atomic E-state index is 0.116. The van der Waals surface area contributed by atoms with E-state index in [9.17, 15) is 5.26 Å². The summed E-state index contributed by atoms with van der Waals surface area (Å²) in [5, 5.41) is 9.39. The molecule has 124 valence electrons. The molecule has 0 radical (unpaired) electrons. The highest BCUT2D eigenvalue weighted by Gasteiger charge is 2.24. The van der Waals surface area contributed by atoms with Crippen LogP contribution in [0.4, 0.5) is 0 Å². The van der Waals surface area contributed by atoms with Crippen molar-refractivity contribution in [2.45, 2.75) is 12.8 Å². The monoisotopic (exact) mass is 319 g/mol. The zero-order valence-electron chi connectivity index (χ0n) is 14.1. The maximum Gasteiger partial charge on any atom is 0.0718 e. The zero-order valence-corrected chi connectivity index (χ0v) is 14.1. The molecule has 1 aliphatic rings. The van der Waals surface area contributed by atoms with Gasteiger partial charge in [-0.05, 0) is 24.0 Å². The molecule has 1 heterocycles. The van der Waals surface area contributed by atoms with Gasteiger partial charge in [0, 0.05) is 26.2 Å². The van der Waals surface area contributed by atoms with Gasteiger partial charge in [-0.15, -0.1) is 0 Å². The molecule has 1 aliphatic heterocycles. The van der Waals surface area contributed by atoms with E-state index in [4.69, 9.17) is 0 Å². The van der Waals surface area contributed by atoms with Crippen molar-refractivity contribution in [2.24, 2.45) is 5.92 Å². The van der Waals surface area contributed by atoms with E-state index in [1.165, 1.54) is 11.1 Å². The Balaban J connectivity index is 1.52. The van der Waals surface area contributed by atoms with Crippen molar-refractivity contribution in [3.63, 3.8) is 0 Å². The molecule has 3 rings (SSSR count). The Morgan fingerprint density at radius 3 is 1.67 bits per heavy atom. The second-order valence-corrected chi connectivity index (χ2v) is 6.59. The maximum atomic E-state index is 9.39. The molecule has 0 atom stereocenters. The molecule has 3 heteroatoms. The van der Waals surface area contributed by atoms with E-state index in [0.29, 0.717) is 0 Å². The van der Waals surface area contributed by atoms with Gasteiger partial charge in [0.05, 0.1) is 18.7 Å². The smallest absolute Gasteiger partial charge is 0.0718 e. The van der Waals surface area contributed by atoms with Crippen LogP contribution in [0.2, 0.25) is 0 Å². The minimum Gasteiger partial charge on any atom is -0.289 e. The highest BCUT2D eigenvalue weighted by Crippen LogP contribution is 2.14. The van der Waals surface area contributed by atoms with E-state index in [1.807, 2.05) is 0 Å². The molecule has 0 aromatic heterocycles. The Kier molecular flexibility index (Phi) is 6.01. The van der Waals surface area contributed by atoms with Crippen LogP contribution in [0.3, 0.4) is 0 Å². The average molecular weight is 319 g/mol. The van der Waals surface area contributed by atoms with Crippen molar-refractivity contribution >= 4 is 0 Å². The van der Waals surface area contributed by atoms with E-state index in [-0.39, 0.29) is 5.92 Å². The SMILES string of the molecule is N#CC1CN(CCc2ccccc2)CN(CCc2ccccc2)C1. The van der Waals surface area contributed by atoms with Crippen LogP contribution in [-0.4, -0.2) is 42.6 Å². The summed E-state index contributed by atoms with van der Waals surface area (Å²) in [6.07, 6.45) is 2.09. The third kappa shape index (κ3) is 4.92. The second-order valence-electron chi connectivity index (χ2n) is 6.59. The Morgan fingerprint density at radius 1 is 0.792 bits per heavy atom. The Labute approximate surface area is 145 Å². The molecule has 3 nitrogen and oxygen atoms in total. The highest BCUT2D eigenvalue weighted by molar-refractivity contribution is 5.16. The van der Waals surface area contributed by atoms with Crippen molar-refractivity contribution in [3.05, 3.63) is 71.8 Å². The van der Waals surface area contributed by atoms with Crippen molar-refractivity contribution < 1.29 is 0 Å². The highest BCUT2D eigenvalue weighted by atomic mass is 15.3. The van der Waals surface area contributed by atoms with Crippen LogP contribution in [0, 0.1) is 17.2 Å². The number of hydrogen-bond acceptors (Lipinski definition) is 3. The zero-order chi connectivity index (χ0) is 16.6. The summed E-state index contributed by atoms with van der Waals surface area (Å²) in [6, 6.07) is 23.7. The first-order chi connectivity index (χ1) is 11.8. The Bertz CT molecular complexity index is 596. The molecule has 0 bridgehead atoms. The van der Waals surface area contributed by atoms with E-state index in [2.05, 4.69) is 76.5 Å². The fourth-order valence-corrected chi connectivity index (χ4v) is 3.35. The van der Waals surface area contributed by atoms with Gasteiger partial charge in [-0.2, -0.15) is 5.26 Å². The van der Waals surface area contributed by atoms with Crippen LogP contribution >= 0.6 is 0 Å². The minimum atomic E-state index is 0.116. The largest absolute Gasteiger partial charge is 0.289 e. The first-order valence-corrected chi connectivity index (χ1v) is 8.75. The molecule has 2 aromatic rings. The van der Waals surface area contributed by atoms with Crippen molar-refractivity contribution in [1.82, 2.24) is 9.80 Å². The van der Waals surface area contributed by atoms with Crippen molar-refractivity contribution in [3.8, 4) is 6.07 Å². The first kappa shape index (κ1) is 16.7. The van der Waals surface area contributed by atoms with Gasteiger partial charge in [0.25, 0.3) is 0 Å². The lowest BCUT2D eigenvalue weighted by Gasteiger charge is -2.38. The third-order valence-corrected chi connectivity index (χ3v) is 4.66. The molecule has 0 saturated carbocycles. The van der Waals surface area contributed by atoms with Crippen LogP contribution in [-0.2, 0) is 12.8 Å². The lowest BCUT2D eigenvalue weighted by Crippen LogP contribution is -2.50. The molecule has 2 aromatic carbocycles. The van der Waals surface area contributed by atoms with Crippen LogP contribution in [0.1, 0.15) is 11.1 Å². The number of benzene rings is 2. The van der Waals surface area contributed by atoms with Crippen LogP contribution in [0.5, 0.6) is 0 Å². The predicted octanol–water partition coefficient (Wildman–Crippen LogP) is 3.19. The van der Waals surface area contributed by atoms with Gasteiger partial charge in [0.2, 0.25) is 0 Å². The molecule has 24 heavy (non-hydrogen) atoms. The van der Waals surface area contributed by atoms with Crippen LogP contribution in [0.15, 0.2) is 60.7 Å². The van der Waals surface area contributed by atoms with Crippen molar-refractivity contribution in [1.29, 1.82) is 5.26 Å². The predicted molar refractivity (Wildman–Crippen MR) is 97.4 cm³/mol. The topological polar surface area (TPSA) is 30.3 Å². The molecule has 1 fully saturated rings. The second kappa shape index (κ2) is 8.63. The third-order valence-electron chi connectivity index (χ3n) is 4.66. The standard InChI is InChI=1S/C21H25N3/c22-15-21-16-23(13-11-19-7-3-1-4-8-19)18-24(17-21)14-12-20-9-5-2-6-10-20/h1-10,21H,11-14,16-18H2. The maximum absolute atomic E-state index is 9.39. The van der Waals surface area contributed by atoms with Gasteiger partial charge in [-0.25, -0.2) is 0 Å². The Hall–Kier alpha value is -2.15. The number of nitriles is 1. The lowest BCUT2D eigenvalue weighted by atomic mass is 10.1. The molecule has 0 aliphatic carbocycles. The summed E-state index contributed by atoms with van der Waals surface area (Å²) in [5.74, 6) is 0.116. The summed E-state index contributed by atoms with van der Waals surface area (Å²) in [6.45, 7) is 4.79. The van der Waals surface area contributed by atoms with Crippen LogP contribution < -0.4 is 0 Å². The normalized spacial score (nSPS) is 16.8. The van der Waals surface area contributed by atoms with Gasteiger partial charge in [-0.3, -0.25) is 9.80 Å². The summed E-state index contributed by atoms with van der Waals surface area (Å²) in [4.78, 5) is 4.85. The molecular weight excluding hydrogens is 294 g/mol. The van der Waals surface area contributed by atoms with Crippen LogP contribution in [0.25, 0.3) is 0 Å². The van der Waals surface area contributed by atoms with E-state index in [0.717, 1.165) is 45.7 Å². The quantitative estimate of drug-likeness (QED) is 0.819. The lowest BCUT2D eigenvalue weighted by molar-refractivity contribution is 0.0662. The van der Waals surface area contributed by atoms with Gasteiger partial charge in [0.1, 0.15) is 0 Å². The molecule has 1 saturated heterocycles. The molecule has 0 amide bonds. The first-order valence-electron chi connectivity index (χ1n) is 8.75. The van der Waals surface area contributed by atoms with Gasteiger partial charge in [-0.1, -0.05) is 60.7 Å². The fourth-order valence-electron chi connectivity index (χ4n) is 3.35. The molecular formula is C21H25N3. The summed E-state index contributed by atoms with van der Waals surface area (Å²) < 4.78 is 0. The van der Waals surface area contributed by atoms with E-state index < -0.39 is 0 Å². The number of hydrogen-bond donors (Lipinski definition) is 0. The summed E-state index contributed by atoms with van der Waals surface area (Å²) in [5.41, 5.74) is 2.74. The van der Waals surface area contributed by atoms with Gasteiger partial charge >= 0.3 is 0 Å². The summed E-state index contributed by atoms with van der Waals surface area (Å²) >= 11 is 0. The van der Waals surface area contributed by atoms with E-state index in [1.54, 1.807) is 0 Å². The van der Waals surface area contributed by atoms with Gasteiger partial charge in [0.15, 0.2) is 0 Å². The fraction of sp³-hybridized carbons (Fsp3) is 0.381. The Morgan fingerprint density at radius 2 is 1.25 bits per heavy atom.